The van der Waals surface area contributed by atoms with Gasteiger partial charge in [0, 0.05) is 10.8 Å². The third kappa shape index (κ3) is 7.02. The van der Waals surface area contributed by atoms with Gasteiger partial charge in [0.05, 0.1) is 0 Å². The third-order valence-electron chi connectivity index (χ3n) is 16.4. The maximum Gasteiger partial charge on any atom is 0.135 e. The average Bonchev–Trinajstić information content (AvgIpc) is 3.90. The SMILES string of the molecule is c1ccc2cc(-c3c4ccccc4c(-c4ccc(-c5ccc6ccc(-c7ccc8ccc(-c9c%10ccccc%10c(-c%10ccc%11oc%12ccccc%12c%11c%10)c%10ccccc9%10)cc8c7)cc6c5)cc4)c4ccccc34)ccc2c1. The van der Waals surface area contributed by atoms with Crippen LogP contribution in [0.5, 0.6) is 0 Å². The van der Waals surface area contributed by atoms with Crippen molar-refractivity contribution in [3.05, 3.63) is 279 Å². The van der Waals surface area contributed by atoms with Crippen molar-refractivity contribution >= 4 is 97.3 Å². The number of fused-ring (bicyclic) bond motifs is 10. The van der Waals surface area contributed by atoms with Crippen LogP contribution in [0.25, 0.3) is 164 Å². The van der Waals surface area contributed by atoms with E-state index in [1.165, 1.54) is 142 Å². The van der Waals surface area contributed by atoms with Crippen LogP contribution in [0.2, 0.25) is 0 Å². The van der Waals surface area contributed by atoms with E-state index >= 15 is 0 Å². The molecule has 1 heteroatoms. The number of rotatable bonds is 6. The van der Waals surface area contributed by atoms with Gasteiger partial charge >= 0.3 is 0 Å². The molecule has 0 unspecified atom stereocenters. The molecule has 1 heterocycles. The van der Waals surface area contributed by atoms with Crippen molar-refractivity contribution in [1.82, 2.24) is 0 Å². The maximum atomic E-state index is 6.26. The van der Waals surface area contributed by atoms with Crippen molar-refractivity contribution in [2.75, 3.05) is 0 Å². The number of para-hydroxylation sites is 1. The Balaban J connectivity index is 0.754. The first-order valence-corrected chi connectivity index (χ1v) is 26.6. The summed E-state index contributed by atoms with van der Waals surface area (Å²) in [6.45, 7) is 0. The second-order valence-corrected chi connectivity index (χ2v) is 20.7. The van der Waals surface area contributed by atoms with E-state index in [-0.39, 0.29) is 0 Å². The highest BCUT2D eigenvalue weighted by Crippen LogP contribution is 2.47. The van der Waals surface area contributed by atoms with E-state index in [1.807, 2.05) is 6.07 Å². The fourth-order valence-electron chi connectivity index (χ4n) is 12.7. The number of hydrogen-bond acceptors (Lipinski definition) is 1. The monoisotopic (exact) mass is 974 g/mol. The zero-order valence-corrected chi connectivity index (χ0v) is 42.0. The Bertz CT molecular complexity index is 4980. The highest BCUT2D eigenvalue weighted by Gasteiger charge is 2.20. The van der Waals surface area contributed by atoms with Crippen LogP contribution in [-0.4, -0.2) is 0 Å². The lowest BCUT2D eigenvalue weighted by molar-refractivity contribution is 0.669. The Labute approximate surface area is 445 Å². The highest BCUT2D eigenvalue weighted by atomic mass is 16.3. The van der Waals surface area contributed by atoms with Crippen LogP contribution in [0.3, 0.4) is 0 Å². The van der Waals surface area contributed by atoms with Crippen molar-refractivity contribution < 1.29 is 4.42 Å². The first-order chi connectivity index (χ1) is 38.1. The molecule has 77 heavy (non-hydrogen) atoms. The molecule has 0 aliphatic rings. The summed E-state index contributed by atoms with van der Waals surface area (Å²) >= 11 is 0. The van der Waals surface area contributed by atoms with Crippen LogP contribution in [0, 0.1) is 0 Å². The van der Waals surface area contributed by atoms with Crippen LogP contribution in [0.4, 0.5) is 0 Å². The Morgan fingerprint density at radius 2 is 0.442 bits per heavy atom. The van der Waals surface area contributed by atoms with E-state index in [1.54, 1.807) is 0 Å². The van der Waals surface area contributed by atoms with E-state index in [0.29, 0.717) is 0 Å². The molecule has 0 spiro atoms. The third-order valence-corrected chi connectivity index (χ3v) is 16.4. The highest BCUT2D eigenvalue weighted by molar-refractivity contribution is 6.24. The Hall–Kier alpha value is -10.1. The van der Waals surface area contributed by atoms with Crippen LogP contribution >= 0.6 is 0 Å². The van der Waals surface area contributed by atoms with Crippen LogP contribution in [-0.2, 0) is 0 Å². The fourth-order valence-corrected chi connectivity index (χ4v) is 12.7. The van der Waals surface area contributed by atoms with Gasteiger partial charge in [-0.2, -0.15) is 0 Å². The van der Waals surface area contributed by atoms with E-state index in [0.717, 1.165) is 21.9 Å². The number of hydrogen-bond donors (Lipinski definition) is 0. The fraction of sp³-hybridized carbons (Fsp3) is 0. The normalized spacial score (nSPS) is 11.9. The van der Waals surface area contributed by atoms with Crippen molar-refractivity contribution in [3.8, 4) is 66.8 Å². The molecule has 16 rings (SSSR count). The van der Waals surface area contributed by atoms with Gasteiger partial charge in [-0.15, -0.1) is 0 Å². The lowest BCUT2D eigenvalue weighted by atomic mass is 9.85. The van der Waals surface area contributed by atoms with E-state index in [4.69, 9.17) is 4.42 Å². The molecular formula is C76H46O. The predicted octanol–water partition coefficient (Wildman–Crippen LogP) is 21.7. The van der Waals surface area contributed by atoms with Crippen molar-refractivity contribution in [2.24, 2.45) is 0 Å². The second-order valence-electron chi connectivity index (χ2n) is 20.7. The molecule has 0 atom stereocenters. The molecule has 0 radical (unpaired) electrons. The summed E-state index contributed by atoms with van der Waals surface area (Å²) in [4.78, 5) is 0. The molecule has 16 aromatic rings. The summed E-state index contributed by atoms with van der Waals surface area (Å²) in [5.74, 6) is 0. The van der Waals surface area contributed by atoms with Crippen LogP contribution in [0.1, 0.15) is 0 Å². The summed E-state index contributed by atoms with van der Waals surface area (Å²) in [6.07, 6.45) is 0. The quantitative estimate of drug-likeness (QED) is 0.151. The van der Waals surface area contributed by atoms with Gasteiger partial charge in [-0.1, -0.05) is 231 Å². The summed E-state index contributed by atoms with van der Waals surface area (Å²) in [7, 11) is 0. The minimum atomic E-state index is 0.907. The first kappa shape index (κ1) is 43.3. The molecule has 15 aromatic carbocycles. The molecule has 0 saturated carbocycles. The average molecular weight is 975 g/mol. The molecular weight excluding hydrogens is 929 g/mol. The molecule has 1 nitrogen and oxygen atoms in total. The molecule has 0 amide bonds. The van der Waals surface area contributed by atoms with Gasteiger partial charge < -0.3 is 4.42 Å². The summed E-state index contributed by atoms with van der Waals surface area (Å²) in [5.41, 5.74) is 16.5. The number of furan rings is 1. The summed E-state index contributed by atoms with van der Waals surface area (Å²) in [5, 5.41) is 19.7. The Kier molecular flexibility index (Phi) is 9.71. The maximum absolute atomic E-state index is 6.26. The van der Waals surface area contributed by atoms with Crippen LogP contribution in [0.15, 0.2) is 283 Å². The topological polar surface area (TPSA) is 13.1 Å². The lowest BCUT2D eigenvalue weighted by Crippen LogP contribution is -1.91. The van der Waals surface area contributed by atoms with E-state index in [2.05, 4.69) is 273 Å². The van der Waals surface area contributed by atoms with Gasteiger partial charge in [0.1, 0.15) is 11.2 Å². The summed E-state index contributed by atoms with van der Waals surface area (Å²) in [6, 6.07) is 103. The standard InChI is InChI=1S/C76H46O/c1-2-14-52-41-56(37-30-47(52)13-1)74-64-18-5-3-16-62(64)73(63-17-4-6-19-65(63)74)51-32-25-48(26-33-51)53-34-27-49-28-35-54(43-59(49)42-53)55-36-29-50-31-38-57(45-60(50)44-55)75-66-20-7-9-22-68(66)76(69-23-10-8-21-67(69)75)58-39-40-72-70(46-58)61-15-11-12-24-71(61)77-72/h1-46H. The Morgan fingerprint density at radius 1 is 0.156 bits per heavy atom. The van der Waals surface area contributed by atoms with Gasteiger partial charge in [0.2, 0.25) is 0 Å². The molecule has 0 bridgehead atoms. The first-order valence-electron chi connectivity index (χ1n) is 26.6. The van der Waals surface area contributed by atoms with Crippen molar-refractivity contribution in [2.45, 2.75) is 0 Å². The largest absolute Gasteiger partial charge is 0.456 e. The molecule has 356 valence electrons. The lowest BCUT2D eigenvalue weighted by Gasteiger charge is -2.18. The van der Waals surface area contributed by atoms with Gasteiger partial charge in [-0.3, -0.25) is 0 Å². The van der Waals surface area contributed by atoms with E-state index < -0.39 is 0 Å². The van der Waals surface area contributed by atoms with Crippen LogP contribution < -0.4 is 0 Å². The zero-order valence-electron chi connectivity index (χ0n) is 42.0. The summed E-state index contributed by atoms with van der Waals surface area (Å²) < 4.78 is 6.26. The number of benzene rings is 15. The van der Waals surface area contributed by atoms with Gasteiger partial charge in [0.15, 0.2) is 0 Å². The molecule has 0 fully saturated rings. The minimum absolute atomic E-state index is 0.907. The van der Waals surface area contributed by atoms with Crippen molar-refractivity contribution in [1.29, 1.82) is 0 Å². The molecule has 1 aromatic heterocycles. The smallest absolute Gasteiger partial charge is 0.135 e. The molecule has 0 aliphatic carbocycles. The van der Waals surface area contributed by atoms with Gasteiger partial charge in [-0.05, 0) is 191 Å². The Morgan fingerprint density at radius 3 is 0.922 bits per heavy atom. The zero-order chi connectivity index (χ0) is 50.6. The molecule has 0 aliphatic heterocycles. The van der Waals surface area contributed by atoms with E-state index in [9.17, 15) is 0 Å². The molecule has 0 saturated heterocycles. The molecule has 0 N–H and O–H groups in total. The predicted molar refractivity (Wildman–Crippen MR) is 329 cm³/mol. The minimum Gasteiger partial charge on any atom is -0.456 e. The van der Waals surface area contributed by atoms with Gasteiger partial charge in [-0.25, -0.2) is 0 Å². The van der Waals surface area contributed by atoms with Crippen molar-refractivity contribution in [3.63, 3.8) is 0 Å². The van der Waals surface area contributed by atoms with Gasteiger partial charge in [0.25, 0.3) is 0 Å². The second kappa shape index (κ2) is 17.2.